The highest BCUT2D eigenvalue weighted by molar-refractivity contribution is 6.47. The van der Waals surface area contributed by atoms with Gasteiger partial charge in [0, 0.05) is 10.8 Å². The fourth-order valence-electron chi connectivity index (χ4n) is 2.71. The van der Waals surface area contributed by atoms with E-state index < -0.39 is 6.61 Å². The largest absolute Gasteiger partial charge is 0.489 e. The number of hydrogen-bond acceptors (Lipinski definition) is 2. The molecule has 0 unspecified atom stereocenters. The number of benzene rings is 1. The minimum atomic E-state index is -2.93. The lowest BCUT2D eigenvalue weighted by Crippen LogP contribution is -2.23. The number of nitrogens with one attached hydrogen (secondary N) is 1. The number of aromatic amines is 1. The smallest absolute Gasteiger partial charge is 0.387 e. The van der Waals surface area contributed by atoms with Gasteiger partial charge in [-0.2, -0.15) is 8.78 Å². The van der Waals surface area contributed by atoms with Gasteiger partial charge in [-0.25, -0.2) is 0 Å². The quantitative estimate of drug-likeness (QED) is 0.688. The molecule has 1 N–H and O–H groups in total. The minimum Gasteiger partial charge on any atom is -0.489 e. The van der Waals surface area contributed by atoms with Crippen molar-refractivity contribution in [2.45, 2.75) is 26.4 Å². The molecule has 2 aromatic rings. The van der Waals surface area contributed by atoms with Gasteiger partial charge in [0.25, 0.3) is 0 Å². The third kappa shape index (κ3) is 4.47. The molecular formula is C20H19Cl2F2NO2. The Kier molecular flexibility index (Phi) is 6.12. The van der Waals surface area contributed by atoms with Gasteiger partial charge < -0.3 is 14.5 Å². The summed E-state index contributed by atoms with van der Waals surface area (Å²) in [4.78, 5) is 3.18. The average molecular weight is 414 g/mol. The SMILES string of the molecule is C=C/C(Cl)=c1/[nH]c(-c2ccc(OC(F)F)c(OCC3CC3)c2)c(Cl)/c1=C/C. The third-order valence-corrected chi connectivity index (χ3v) is 5.04. The van der Waals surface area contributed by atoms with Gasteiger partial charge in [0.05, 0.1) is 27.7 Å². The van der Waals surface area contributed by atoms with Crippen LogP contribution in [0, 0.1) is 5.92 Å². The van der Waals surface area contributed by atoms with Crippen LogP contribution >= 0.6 is 23.2 Å². The van der Waals surface area contributed by atoms with Gasteiger partial charge in [-0.1, -0.05) is 35.9 Å². The van der Waals surface area contributed by atoms with Crippen molar-refractivity contribution in [3.05, 3.63) is 46.4 Å². The zero-order valence-corrected chi connectivity index (χ0v) is 16.2. The van der Waals surface area contributed by atoms with E-state index in [9.17, 15) is 8.78 Å². The molecule has 1 saturated carbocycles. The molecule has 144 valence electrons. The zero-order chi connectivity index (χ0) is 19.6. The van der Waals surface area contributed by atoms with Crippen molar-refractivity contribution in [3.8, 4) is 22.8 Å². The molecule has 1 aromatic carbocycles. The summed E-state index contributed by atoms with van der Waals surface area (Å²) in [5.74, 6) is 0.721. The normalized spacial score (nSPS) is 15.9. The van der Waals surface area contributed by atoms with Crippen molar-refractivity contribution in [3.63, 3.8) is 0 Å². The van der Waals surface area contributed by atoms with E-state index >= 15 is 0 Å². The van der Waals surface area contributed by atoms with Gasteiger partial charge in [0.15, 0.2) is 11.5 Å². The summed E-state index contributed by atoms with van der Waals surface area (Å²) in [5.41, 5.74) is 1.29. The summed E-state index contributed by atoms with van der Waals surface area (Å²) in [6.45, 7) is 3.06. The van der Waals surface area contributed by atoms with Crippen LogP contribution in [-0.4, -0.2) is 18.2 Å². The second-order valence-electron chi connectivity index (χ2n) is 6.24. The molecule has 1 fully saturated rings. The van der Waals surface area contributed by atoms with Crippen LogP contribution < -0.4 is 20.0 Å². The van der Waals surface area contributed by atoms with E-state index in [1.807, 2.05) is 13.0 Å². The predicted octanol–water partition coefficient (Wildman–Crippen LogP) is 5.06. The molecule has 0 bridgehead atoms. The van der Waals surface area contributed by atoms with Gasteiger partial charge >= 0.3 is 6.61 Å². The molecule has 0 amide bonds. The van der Waals surface area contributed by atoms with Gasteiger partial charge in [-0.05, 0) is 50.0 Å². The molecule has 7 heteroatoms. The Balaban J connectivity index is 2.07. The summed E-state index contributed by atoms with van der Waals surface area (Å²) in [6, 6.07) is 4.74. The van der Waals surface area contributed by atoms with Gasteiger partial charge in [0.1, 0.15) is 0 Å². The first-order valence-corrected chi connectivity index (χ1v) is 9.28. The number of ether oxygens (including phenoxy) is 2. The summed E-state index contributed by atoms with van der Waals surface area (Å²) < 4.78 is 35.7. The fourth-order valence-corrected chi connectivity index (χ4v) is 3.22. The number of aromatic nitrogens is 1. The van der Waals surface area contributed by atoms with E-state index in [-0.39, 0.29) is 11.5 Å². The van der Waals surface area contributed by atoms with Crippen LogP contribution in [0.2, 0.25) is 5.02 Å². The number of allylic oxidation sites excluding steroid dienone is 1. The van der Waals surface area contributed by atoms with E-state index in [2.05, 4.69) is 16.3 Å². The van der Waals surface area contributed by atoms with Gasteiger partial charge in [0.2, 0.25) is 0 Å². The number of alkyl halides is 2. The Morgan fingerprint density at radius 2 is 2.11 bits per heavy atom. The Labute approximate surface area is 165 Å². The number of rotatable bonds is 7. The molecule has 1 aromatic heterocycles. The molecule has 0 radical (unpaired) electrons. The topological polar surface area (TPSA) is 34.2 Å². The zero-order valence-electron chi connectivity index (χ0n) is 14.7. The van der Waals surface area contributed by atoms with Crippen molar-refractivity contribution in [1.82, 2.24) is 4.98 Å². The Morgan fingerprint density at radius 1 is 1.37 bits per heavy atom. The lowest BCUT2D eigenvalue weighted by atomic mass is 10.1. The molecule has 1 heterocycles. The first kappa shape index (κ1) is 19.8. The van der Waals surface area contributed by atoms with Crippen LogP contribution in [-0.2, 0) is 0 Å². The molecule has 3 nitrogen and oxygen atoms in total. The number of hydrogen-bond donors (Lipinski definition) is 1. The molecule has 0 atom stereocenters. The number of H-pyrrole nitrogens is 1. The van der Waals surface area contributed by atoms with E-state index in [4.69, 9.17) is 27.9 Å². The number of halogens is 4. The lowest BCUT2D eigenvalue weighted by Gasteiger charge is -2.13. The van der Waals surface area contributed by atoms with E-state index in [1.54, 1.807) is 12.1 Å². The minimum absolute atomic E-state index is 0.00438. The van der Waals surface area contributed by atoms with Crippen LogP contribution in [0.3, 0.4) is 0 Å². The van der Waals surface area contributed by atoms with E-state index in [0.717, 1.165) is 18.1 Å². The highest BCUT2D eigenvalue weighted by Gasteiger charge is 2.23. The summed E-state index contributed by atoms with van der Waals surface area (Å²) >= 11 is 12.7. The Bertz CT molecular complexity index is 965. The summed E-state index contributed by atoms with van der Waals surface area (Å²) in [7, 11) is 0. The third-order valence-electron chi connectivity index (χ3n) is 4.30. The highest BCUT2D eigenvalue weighted by atomic mass is 35.5. The van der Waals surface area contributed by atoms with Crippen molar-refractivity contribution < 1.29 is 18.3 Å². The fraction of sp³-hybridized carbons (Fsp3) is 0.300. The van der Waals surface area contributed by atoms with Crippen molar-refractivity contribution >= 4 is 34.3 Å². The van der Waals surface area contributed by atoms with Crippen molar-refractivity contribution in [1.29, 1.82) is 0 Å². The molecule has 0 aliphatic heterocycles. The second kappa shape index (κ2) is 8.36. The van der Waals surface area contributed by atoms with Crippen LogP contribution in [0.1, 0.15) is 19.8 Å². The van der Waals surface area contributed by atoms with Gasteiger partial charge in [-0.15, -0.1) is 0 Å². The standard InChI is InChI=1S/C20H19Cl2F2NO2/c1-3-13-17(22)18(25-19(13)14(21)4-2)12-7-8-15(27-20(23)24)16(9-12)26-10-11-5-6-11/h3-4,7-9,11,20,25H,2,5-6,10H2,1H3/b13-3-,19-14-. The second-order valence-corrected chi connectivity index (χ2v) is 7.02. The van der Waals surface area contributed by atoms with E-state index in [0.29, 0.717) is 39.2 Å². The first-order chi connectivity index (χ1) is 12.9. The van der Waals surface area contributed by atoms with Gasteiger partial charge in [-0.3, -0.25) is 0 Å². The summed E-state index contributed by atoms with van der Waals surface area (Å²) in [5, 5.41) is 2.29. The van der Waals surface area contributed by atoms with E-state index in [1.165, 1.54) is 12.1 Å². The van der Waals surface area contributed by atoms with Crippen LogP contribution in [0.15, 0.2) is 30.9 Å². The Morgan fingerprint density at radius 3 is 2.70 bits per heavy atom. The van der Waals surface area contributed by atoms with Crippen molar-refractivity contribution in [2.24, 2.45) is 5.92 Å². The first-order valence-electron chi connectivity index (χ1n) is 8.52. The van der Waals surface area contributed by atoms with Crippen LogP contribution in [0.4, 0.5) is 8.78 Å². The average Bonchev–Trinajstić information content (AvgIpc) is 3.41. The molecule has 1 aliphatic carbocycles. The molecule has 1 aliphatic rings. The molecule has 0 saturated heterocycles. The Hall–Kier alpha value is -1.98. The van der Waals surface area contributed by atoms with Crippen LogP contribution in [0.5, 0.6) is 11.5 Å². The lowest BCUT2D eigenvalue weighted by molar-refractivity contribution is -0.0515. The maximum absolute atomic E-state index is 12.7. The highest BCUT2D eigenvalue weighted by Crippen LogP contribution is 2.36. The van der Waals surface area contributed by atoms with Crippen molar-refractivity contribution in [2.75, 3.05) is 6.61 Å². The molecule has 0 spiro atoms. The predicted molar refractivity (Wildman–Crippen MR) is 105 cm³/mol. The molecule has 27 heavy (non-hydrogen) atoms. The monoisotopic (exact) mass is 413 g/mol. The maximum Gasteiger partial charge on any atom is 0.387 e. The van der Waals surface area contributed by atoms with Crippen LogP contribution in [0.25, 0.3) is 22.4 Å². The molecule has 3 rings (SSSR count). The summed E-state index contributed by atoms with van der Waals surface area (Å²) in [6.07, 6.45) is 5.52. The maximum atomic E-state index is 12.7. The molecular weight excluding hydrogens is 395 g/mol.